The van der Waals surface area contributed by atoms with E-state index in [1.807, 2.05) is 24.3 Å². The van der Waals surface area contributed by atoms with Crippen molar-refractivity contribution in [3.8, 4) is 0 Å². The summed E-state index contributed by atoms with van der Waals surface area (Å²) in [7, 11) is 1.69. The summed E-state index contributed by atoms with van der Waals surface area (Å²) < 4.78 is 5.20. The van der Waals surface area contributed by atoms with Gasteiger partial charge in [-0.3, -0.25) is 4.79 Å². The molecular formula is C18H21NO2S. The molecule has 0 unspecified atom stereocenters. The van der Waals surface area contributed by atoms with Gasteiger partial charge in [0.2, 0.25) is 5.91 Å². The number of hydrogen-bond acceptors (Lipinski definition) is 3. The number of hydrogen-bond donors (Lipinski definition) is 1. The summed E-state index contributed by atoms with van der Waals surface area (Å²) in [6, 6.07) is 12.4. The Morgan fingerprint density at radius 2 is 2.05 bits per heavy atom. The van der Waals surface area contributed by atoms with Crippen molar-refractivity contribution < 1.29 is 9.53 Å². The summed E-state index contributed by atoms with van der Waals surface area (Å²) in [5.41, 5.74) is 2.26. The van der Waals surface area contributed by atoms with Crippen LogP contribution in [0.15, 0.2) is 36.4 Å². The molecular weight excluding hydrogens is 294 g/mol. The Bertz CT molecular complexity index is 665. The number of benzene rings is 1. The Kier molecular flexibility index (Phi) is 4.60. The van der Waals surface area contributed by atoms with Gasteiger partial charge in [-0.15, -0.1) is 11.3 Å². The van der Waals surface area contributed by atoms with Gasteiger partial charge in [0.25, 0.3) is 0 Å². The van der Waals surface area contributed by atoms with Crippen LogP contribution < -0.4 is 5.32 Å². The van der Waals surface area contributed by atoms with E-state index in [4.69, 9.17) is 4.74 Å². The minimum Gasteiger partial charge on any atom is -0.380 e. The van der Waals surface area contributed by atoms with Crippen LogP contribution in [0.1, 0.15) is 33.2 Å². The fourth-order valence-corrected chi connectivity index (χ4v) is 3.85. The molecule has 22 heavy (non-hydrogen) atoms. The van der Waals surface area contributed by atoms with Gasteiger partial charge in [-0.2, -0.15) is 0 Å². The van der Waals surface area contributed by atoms with Gasteiger partial charge in [-0.1, -0.05) is 24.3 Å². The Hall–Kier alpha value is -1.65. The first kappa shape index (κ1) is 15.3. The second-order valence-electron chi connectivity index (χ2n) is 5.82. The van der Waals surface area contributed by atoms with E-state index < -0.39 is 0 Å². The molecule has 0 radical (unpaired) electrons. The van der Waals surface area contributed by atoms with E-state index in [2.05, 4.69) is 24.4 Å². The molecule has 1 fully saturated rings. The molecule has 1 heterocycles. The quantitative estimate of drug-likeness (QED) is 0.884. The Labute approximate surface area is 135 Å². The van der Waals surface area contributed by atoms with Gasteiger partial charge in [0.1, 0.15) is 0 Å². The number of rotatable bonds is 6. The van der Waals surface area contributed by atoms with E-state index in [-0.39, 0.29) is 11.8 Å². The predicted octanol–water partition coefficient (Wildman–Crippen LogP) is 3.62. The van der Waals surface area contributed by atoms with Crippen LogP contribution in [0.3, 0.4) is 0 Å². The molecule has 3 rings (SSSR count). The second-order valence-corrected chi connectivity index (χ2v) is 7.14. The van der Waals surface area contributed by atoms with Gasteiger partial charge >= 0.3 is 0 Å². The predicted molar refractivity (Wildman–Crippen MR) is 88.9 cm³/mol. The lowest BCUT2D eigenvalue weighted by atomic mass is 10.1. The summed E-state index contributed by atoms with van der Waals surface area (Å²) in [5.74, 6) is 0.740. The largest absolute Gasteiger partial charge is 0.380 e. The van der Waals surface area contributed by atoms with Crippen molar-refractivity contribution in [2.24, 2.45) is 5.92 Å². The summed E-state index contributed by atoms with van der Waals surface area (Å²) in [4.78, 5) is 15.0. The highest BCUT2D eigenvalue weighted by molar-refractivity contribution is 7.12. The number of aryl methyl sites for hydroxylation is 1. The van der Waals surface area contributed by atoms with Gasteiger partial charge in [0.05, 0.1) is 6.61 Å². The number of carbonyl (C=O) groups is 1. The number of methoxy groups -OCH3 is 1. The van der Waals surface area contributed by atoms with Gasteiger partial charge in [-0.05, 0) is 36.6 Å². The zero-order chi connectivity index (χ0) is 15.5. The number of amides is 1. The molecule has 1 aromatic carbocycles. The third-order valence-corrected chi connectivity index (χ3v) is 5.26. The molecule has 2 atom stereocenters. The topological polar surface area (TPSA) is 38.3 Å². The van der Waals surface area contributed by atoms with Crippen LogP contribution in [-0.4, -0.2) is 13.0 Å². The molecule has 3 nitrogen and oxygen atoms in total. The maximum Gasteiger partial charge on any atom is 0.224 e. The first-order valence-corrected chi connectivity index (χ1v) is 8.40. The summed E-state index contributed by atoms with van der Waals surface area (Å²) in [6.07, 6.45) is 0.978. The van der Waals surface area contributed by atoms with Crippen LogP contribution in [0.25, 0.3) is 0 Å². The van der Waals surface area contributed by atoms with E-state index in [1.54, 1.807) is 18.4 Å². The monoisotopic (exact) mass is 315 g/mol. The van der Waals surface area contributed by atoms with Crippen molar-refractivity contribution in [1.29, 1.82) is 0 Å². The van der Waals surface area contributed by atoms with Crippen LogP contribution in [0.4, 0.5) is 0 Å². The molecule has 0 saturated heterocycles. The van der Waals surface area contributed by atoms with Crippen LogP contribution in [0, 0.1) is 12.8 Å². The highest BCUT2D eigenvalue weighted by Crippen LogP contribution is 2.49. The number of thiophene rings is 1. The minimum absolute atomic E-state index is 0.146. The maximum absolute atomic E-state index is 12.3. The molecule has 0 spiro atoms. The Morgan fingerprint density at radius 3 is 2.73 bits per heavy atom. The number of carbonyl (C=O) groups excluding carboxylic acids is 1. The van der Waals surface area contributed by atoms with Crippen molar-refractivity contribution in [3.63, 3.8) is 0 Å². The Balaban J connectivity index is 1.55. The van der Waals surface area contributed by atoms with Gasteiger partial charge in [0.15, 0.2) is 0 Å². The average molecular weight is 315 g/mol. The van der Waals surface area contributed by atoms with E-state index in [0.717, 1.165) is 17.5 Å². The molecule has 1 amide bonds. The smallest absolute Gasteiger partial charge is 0.224 e. The number of ether oxygens (including phenoxy) is 1. The van der Waals surface area contributed by atoms with Crippen molar-refractivity contribution in [1.82, 2.24) is 5.32 Å². The SMILES string of the molecule is COCc1ccccc1CNC(=O)[C@@H]1C[C@H]1c1ccc(C)s1. The summed E-state index contributed by atoms with van der Waals surface area (Å²) in [6.45, 7) is 3.26. The highest BCUT2D eigenvalue weighted by atomic mass is 32.1. The first-order valence-electron chi connectivity index (χ1n) is 7.59. The fourth-order valence-electron chi connectivity index (χ4n) is 2.79. The molecule has 1 saturated carbocycles. The molecule has 1 aromatic heterocycles. The van der Waals surface area contributed by atoms with E-state index in [0.29, 0.717) is 19.1 Å². The van der Waals surface area contributed by atoms with Gasteiger partial charge < -0.3 is 10.1 Å². The van der Waals surface area contributed by atoms with Crippen molar-refractivity contribution >= 4 is 17.2 Å². The third-order valence-electron chi connectivity index (χ3n) is 4.13. The van der Waals surface area contributed by atoms with Crippen LogP contribution in [0.5, 0.6) is 0 Å². The molecule has 1 aliphatic carbocycles. The maximum atomic E-state index is 12.3. The summed E-state index contributed by atoms with van der Waals surface area (Å²) >= 11 is 1.81. The molecule has 4 heteroatoms. The third kappa shape index (κ3) is 3.39. The van der Waals surface area contributed by atoms with Gasteiger partial charge in [0, 0.05) is 35.2 Å². The lowest BCUT2D eigenvalue weighted by molar-refractivity contribution is -0.122. The second kappa shape index (κ2) is 6.63. The fraction of sp³-hybridized carbons (Fsp3) is 0.389. The van der Waals surface area contributed by atoms with E-state index in [9.17, 15) is 4.79 Å². The lowest BCUT2D eigenvalue weighted by Gasteiger charge is -2.10. The van der Waals surface area contributed by atoms with Crippen LogP contribution >= 0.6 is 11.3 Å². The van der Waals surface area contributed by atoms with Gasteiger partial charge in [-0.25, -0.2) is 0 Å². The lowest BCUT2D eigenvalue weighted by Crippen LogP contribution is -2.25. The minimum atomic E-state index is 0.146. The Morgan fingerprint density at radius 1 is 1.27 bits per heavy atom. The van der Waals surface area contributed by atoms with Crippen LogP contribution in [0.2, 0.25) is 0 Å². The molecule has 1 N–H and O–H groups in total. The van der Waals surface area contributed by atoms with Crippen molar-refractivity contribution in [2.75, 3.05) is 7.11 Å². The average Bonchev–Trinajstić information content (AvgIpc) is 3.21. The molecule has 2 aromatic rings. The van der Waals surface area contributed by atoms with E-state index in [1.165, 1.54) is 9.75 Å². The highest BCUT2D eigenvalue weighted by Gasteiger charge is 2.44. The van der Waals surface area contributed by atoms with Crippen molar-refractivity contribution in [2.45, 2.75) is 32.4 Å². The van der Waals surface area contributed by atoms with Crippen molar-refractivity contribution in [3.05, 3.63) is 57.3 Å². The molecule has 116 valence electrons. The molecule has 1 aliphatic rings. The van der Waals surface area contributed by atoms with E-state index >= 15 is 0 Å². The van der Waals surface area contributed by atoms with Crippen LogP contribution in [-0.2, 0) is 22.7 Å². The summed E-state index contributed by atoms with van der Waals surface area (Å²) in [5, 5.41) is 3.08. The normalized spacial score (nSPS) is 19.9. The zero-order valence-corrected chi connectivity index (χ0v) is 13.8. The standard InChI is InChI=1S/C18H21NO2S/c1-12-7-8-17(22-12)15-9-16(15)18(20)19-10-13-5-3-4-6-14(13)11-21-2/h3-8,15-16H,9-11H2,1-2H3,(H,19,20)/t15-,16-/m1/s1. The molecule has 0 aliphatic heterocycles. The zero-order valence-electron chi connectivity index (χ0n) is 13.0. The first-order chi connectivity index (χ1) is 10.7. The molecule has 0 bridgehead atoms. The number of nitrogens with one attached hydrogen (secondary N) is 1.